The van der Waals surface area contributed by atoms with Crippen molar-refractivity contribution in [1.29, 1.82) is 0 Å². The van der Waals surface area contributed by atoms with Crippen LogP contribution in [0.2, 0.25) is 0 Å². The number of nitrogens with zero attached hydrogens (tertiary/aromatic N) is 2. The fraction of sp³-hybridized carbons (Fsp3) is 0.429. The Hall–Kier alpha value is -7.30. The summed E-state index contributed by atoms with van der Waals surface area (Å²) in [7, 11) is 3.07. The molecule has 0 saturated carbocycles. The van der Waals surface area contributed by atoms with Crippen LogP contribution < -0.4 is 49.8 Å². The van der Waals surface area contributed by atoms with Crippen molar-refractivity contribution < 1.29 is 29.4 Å². The third-order valence-corrected chi connectivity index (χ3v) is 24.3. The number of ether oxygens (including phenoxy) is 4. The summed E-state index contributed by atoms with van der Waals surface area (Å²) in [5.74, 6) is 3.53. The summed E-state index contributed by atoms with van der Waals surface area (Å²) in [5.41, 5.74) is 16.6. The van der Waals surface area contributed by atoms with Crippen molar-refractivity contribution in [2.24, 2.45) is 0 Å². The second kappa shape index (κ2) is 23.0. The highest BCUT2D eigenvalue weighted by Gasteiger charge is 2.55. The molecule has 0 fully saturated rings. The van der Waals surface area contributed by atoms with E-state index in [-0.39, 0.29) is 43.3 Å². The van der Waals surface area contributed by atoms with Gasteiger partial charge in [0.25, 0.3) is 0 Å². The van der Waals surface area contributed by atoms with E-state index in [0.717, 1.165) is 133 Å². The first-order chi connectivity index (χ1) is 42.8. The van der Waals surface area contributed by atoms with Gasteiger partial charge in [-0.05, 0) is 181 Å². The Labute approximate surface area is 559 Å². The fourth-order valence-electron chi connectivity index (χ4n) is 14.4. The Kier molecular flexibility index (Phi) is 16.9. The Bertz CT molecular complexity index is 3570. The lowest BCUT2D eigenvalue weighted by Crippen LogP contribution is -2.79. The number of anilines is 4. The zero-order chi connectivity index (χ0) is 68.8. The van der Waals surface area contributed by atoms with E-state index in [9.17, 15) is 0 Å². The van der Waals surface area contributed by atoms with Crippen LogP contribution in [0.15, 0.2) is 121 Å². The van der Waals surface area contributed by atoms with Gasteiger partial charge >= 0.3 is 0 Å². The molecule has 8 aromatic rings. The summed E-state index contributed by atoms with van der Waals surface area (Å²) in [6.45, 7) is 53.8. The van der Waals surface area contributed by atoms with E-state index >= 15 is 10.4 Å². The molecule has 1 spiro atoms. The minimum absolute atomic E-state index is 0.290. The van der Waals surface area contributed by atoms with Crippen molar-refractivity contribution >= 4 is 51.6 Å². The second-order valence-corrected chi connectivity index (χ2v) is 38.3. The van der Waals surface area contributed by atoms with Crippen LogP contribution in [0.25, 0.3) is 44.5 Å². The maximum absolute atomic E-state index is 16.3. The third-order valence-electron chi connectivity index (χ3n) is 19.4. The lowest BCUT2D eigenvalue weighted by atomic mass is 9.77. The standard InChI is InChI=1S/C84H104N2O6Si/c1-77(2,3)57-37-53(38-58(73(57)89-25)78(4,5)6)49-29-33-65-69(45-49)93(70-46-50(30-34-66(70)85(65)87)54-39-59(79(7,8)9)74(90-26)60(40-54)80(10,11)12)71-47-51(55-41-61(81(13,14)15)75(91-27)62(42-55)82(16,17)18)31-35-67(71)86(88)68-36-32-52(48-72(68)93)56-43-63(83(19,20)21)76(92-28)64(44-56)84(22,23)24/h29-48H,1-28H3. The third kappa shape index (κ3) is 11.9. The van der Waals surface area contributed by atoms with Gasteiger partial charge in [-0.3, -0.25) is 0 Å². The predicted octanol–water partition coefficient (Wildman–Crippen LogP) is 19.7. The molecular formula is C84H104N2O6Si. The highest BCUT2D eigenvalue weighted by atomic mass is 28.3. The van der Waals surface area contributed by atoms with Gasteiger partial charge in [0.2, 0.25) is 0 Å². The van der Waals surface area contributed by atoms with Crippen molar-refractivity contribution in [3.05, 3.63) is 166 Å². The lowest BCUT2D eigenvalue weighted by Gasteiger charge is -2.47. The highest BCUT2D eigenvalue weighted by Crippen LogP contribution is 2.50. The van der Waals surface area contributed by atoms with Gasteiger partial charge in [0.15, 0.2) is 8.07 Å². The first-order valence-electron chi connectivity index (χ1n) is 33.3. The fourth-order valence-corrected chi connectivity index (χ4v) is 19.9. The van der Waals surface area contributed by atoms with Crippen LogP contribution in [0.3, 0.4) is 0 Å². The van der Waals surface area contributed by atoms with Gasteiger partial charge in [-0.2, -0.15) is 10.1 Å². The van der Waals surface area contributed by atoms with E-state index in [4.69, 9.17) is 18.9 Å². The normalized spacial score (nSPS) is 14.4. The van der Waals surface area contributed by atoms with E-state index < -0.39 is 8.07 Å². The summed E-state index contributed by atoms with van der Waals surface area (Å²) in [4.78, 5) is 0. The lowest BCUT2D eigenvalue weighted by molar-refractivity contribution is 0.196. The van der Waals surface area contributed by atoms with Gasteiger partial charge in [0.05, 0.1) is 51.2 Å². The quantitative estimate of drug-likeness (QED) is 0.141. The molecule has 2 aliphatic rings. The zero-order valence-electron chi connectivity index (χ0n) is 61.4. The minimum atomic E-state index is -4.05. The molecule has 2 radical (unpaired) electrons. The zero-order valence-corrected chi connectivity index (χ0v) is 62.4. The first kappa shape index (κ1) is 68.6. The SMILES string of the molecule is COc1c(C(C)(C)C)cc(-c2ccc3c(c2)[Si]2(c4cc(-c5cc(C(C)(C)C)c(OC)c(C(C)(C)C)c5)ccc4N3[O])c3cc(-c4cc(C(C)(C)C)c(OC)c(C(C)(C)C)c4)ccc3N([O])c3ccc(-c4cc(C(C)(C)C)c(OC)c(C(C)(C)C)c4)cc32)cc1C(C)(C)C. The van der Waals surface area contributed by atoms with Gasteiger partial charge in [-0.15, -0.1) is 0 Å². The molecule has 0 N–H and O–H groups in total. The number of rotatable bonds is 8. The van der Waals surface area contributed by atoms with E-state index in [1.165, 1.54) is 10.1 Å². The Morgan fingerprint density at radius 2 is 0.387 bits per heavy atom. The number of hydrogen-bond donors (Lipinski definition) is 0. The Balaban J connectivity index is 1.46. The van der Waals surface area contributed by atoms with Crippen LogP contribution in [0, 0.1) is 0 Å². The van der Waals surface area contributed by atoms with Crippen LogP contribution in [-0.2, 0) is 53.7 Å². The molecule has 0 amide bonds. The van der Waals surface area contributed by atoms with Crippen molar-refractivity contribution in [3.63, 3.8) is 0 Å². The Morgan fingerprint density at radius 1 is 0.237 bits per heavy atom. The summed E-state index contributed by atoms with van der Waals surface area (Å²) >= 11 is 0. The second-order valence-electron chi connectivity index (χ2n) is 34.7. The van der Waals surface area contributed by atoms with Crippen LogP contribution in [0.5, 0.6) is 23.0 Å². The van der Waals surface area contributed by atoms with Crippen molar-refractivity contribution in [1.82, 2.24) is 0 Å². The van der Waals surface area contributed by atoms with Crippen molar-refractivity contribution in [2.45, 2.75) is 209 Å². The molecule has 93 heavy (non-hydrogen) atoms. The summed E-state index contributed by atoms with van der Waals surface area (Å²) in [5, 5.41) is 38.5. The monoisotopic (exact) mass is 1260 g/mol. The largest absolute Gasteiger partial charge is 0.496 e. The van der Waals surface area contributed by atoms with Gasteiger partial charge in [-0.25, -0.2) is 0 Å². The molecule has 0 aliphatic carbocycles. The molecule has 8 aromatic carbocycles. The summed E-state index contributed by atoms with van der Waals surface area (Å²) < 4.78 is 25.5. The average Bonchev–Trinajstić information content (AvgIpc) is 0.675. The molecule has 0 aromatic heterocycles. The molecule has 10 rings (SSSR count). The number of hydrogen-bond acceptors (Lipinski definition) is 6. The maximum Gasteiger partial charge on any atom is 0.188 e. The molecule has 2 aliphatic heterocycles. The van der Waals surface area contributed by atoms with Gasteiger partial charge in [-0.1, -0.05) is 225 Å². The van der Waals surface area contributed by atoms with Gasteiger partial charge in [0.1, 0.15) is 23.0 Å². The van der Waals surface area contributed by atoms with Crippen LogP contribution >= 0.6 is 0 Å². The molecule has 0 atom stereocenters. The van der Waals surface area contributed by atoms with Crippen molar-refractivity contribution in [3.8, 4) is 67.5 Å². The molecule has 2 heterocycles. The number of fused-ring (bicyclic) bond motifs is 8. The summed E-state index contributed by atoms with van der Waals surface area (Å²) in [6.07, 6.45) is 0. The van der Waals surface area contributed by atoms with E-state index in [1.54, 1.807) is 28.4 Å². The van der Waals surface area contributed by atoms with E-state index in [2.05, 4.69) is 287 Å². The average molecular weight is 1270 g/mol. The van der Waals surface area contributed by atoms with E-state index in [0.29, 0.717) is 22.7 Å². The molecule has 8 nitrogen and oxygen atoms in total. The smallest absolute Gasteiger partial charge is 0.188 e. The number of methoxy groups -OCH3 is 4. The van der Waals surface area contributed by atoms with E-state index in [1.807, 2.05) is 0 Å². The Morgan fingerprint density at radius 3 is 0.516 bits per heavy atom. The topological polar surface area (TPSA) is 83.2 Å². The van der Waals surface area contributed by atoms with Crippen LogP contribution in [0.4, 0.5) is 22.7 Å². The van der Waals surface area contributed by atoms with Gasteiger partial charge in [0, 0.05) is 44.5 Å². The van der Waals surface area contributed by atoms with Crippen LogP contribution in [-0.4, -0.2) is 36.5 Å². The number of benzene rings is 8. The van der Waals surface area contributed by atoms with Crippen LogP contribution in [0.1, 0.15) is 211 Å². The highest BCUT2D eigenvalue weighted by molar-refractivity contribution is 7.23. The maximum atomic E-state index is 16.3. The minimum Gasteiger partial charge on any atom is -0.496 e. The van der Waals surface area contributed by atoms with Gasteiger partial charge < -0.3 is 18.9 Å². The predicted molar refractivity (Wildman–Crippen MR) is 393 cm³/mol. The molecule has 490 valence electrons. The van der Waals surface area contributed by atoms with Crippen molar-refractivity contribution in [2.75, 3.05) is 38.6 Å². The first-order valence-corrected chi connectivity index (χ1v) is 35.3. The molecular weight excluding hydrogens is 1160 g/mol. The molecule has 0 bridgehead atoms. The summed E-state index contributed by atoms with van der Waals surface area (Å²) in [6, 6.07) is 44.4. The molecule has 0 saturated heterocycles. The molecule has 0 unspecified atom stereocenters. The molecule has 9 heteroatoms.